The highest BCUT2D eigenvalue weighted by Gasteiger charge is 2.30. The van der Waals surface area contributed by atoms with Crippen molar-refractivity contribution in [2.24, 2.45) is 0 Å². The molecule has 5 nitrogen and oxygen atoms in total. The molecule has 3 rings (SSSR count). The first-order valence-corrected chi connectivity index (χ1v) is 8.86. The largest absolute Gasteiger partial charge is 0.439 e. The molecule has 0 aliphatic carbocycles. The van der Waals surface area contributed by atoms with Gasteiger partial charge in [-0.15, -0.1) is 0 Å². The Hall–Kier alpha value is -3.62. The number of nitrogens with one attached hydrogen (secondary N) is 2. The maximum absolute atomic E-state index is 13.3. The fourth-order valence-corrected chi connectivity index (χ4v) is 2.54. The minimum atomic E-state index is -4.46. The number of nitrogens with zero attached hydrogens (tertiary/aromatic N) is 1. The summed E-state index contributed by atoms with van der Waals surface area (Å²) in [5.41, 5.74) is -0.0759. The Bertz CT molecular complexity index is 1020. The summed E-state index contributed by atoms with van der Waals surface area (Å²) in [5.74, 6) is -0.436. The molecule has 0 fully saturated rings. The molecule has 0 radical (unpaired) electrons. The van der Waals surface area contributed by atoms with Gasteiger partial charge >= 0.3 is 6.18 Å². The fraction of sp³-hybridized carbons (Fsp3) is 0.143. The van der Waals surface area contributed by atoms with Gasteiger partial charge in [0.25, 0.3) is 0 Å². The zero-order chi connectivity index (χ0) is 21.6. The monoisotopic (exact) mass is 419 g/mol. The Morgan fingerprint density at radius 1 is 1.03 bits per heavy atom. The quantitative estimate of drug-likeness (QED) is 0.542. The molecule has 156 valence electrons. The summed E-state index contributed by atoms with van der Waals surface area (Å²) in [7, 11) is 0. The molecule has 0 aliphatic heterocycles. The highest BCUT2D eigenvalue weighted by molar-refractivity contribution is 5.80. The summed E-state index contributed by atoms with van der Waals surface area (Å²) in [6.07, 6.45) is -2.96. The van der Waals surface area contributed by atoms with Gasteiger partial charge in [0.1, 0.15) is 11.6 Å². The molecular weight excluding hydrogens is 402 g/mol. The number of alkyl halides is 3. The van der Waals surface area contributed by atoms with Crippen molar-refractivity contribution in [1.29, 1.82) is 0 Å². The molecule has 0 atom stereocenters. The van der Waals surface area contributed by atoms with Crippen molar-refractivity contribution >= 4 is 11.6 Å². The van der Waals surface area contributed by atoms with Gasteiger partial charge in [0.2, 0.25) is 11.8 Å². The standard InChI is InChI=1S/C21H17F4N3O2/c22-16-6-2-8-18(11-16)30-20-14(4-3-9-26-20)12-28-19(29)13-27-17-7-1-5-15(10-17)21(23,24)25/h1-11,27H,12-13H2,(H,28,29). The number of benzene rings is 2. The van der Waals surface area contributed by atoms with E-state index >= 15 is 0 Å². The Kier molecular flexibility index (Phi) is 6.51. The Balaban J connectivity index is 1.56. The van der Waals surface area contributed by atoms with Crippen molar-refractivity contribution < 1.29 is 27.1 Å². The van der Waals surface area contributed by atoms with Crippen LogP contribution < -0.4 is 15.4 Å². The van der Waals surface area contributed by atoms with E-state index in [-0.39, 0.29) is 30.4 Å². The number of carbonyl (C=O) groups is 1. The van der Waals surface area contributed by atoms with Gasteiger partial charge in [-0.25, -0.2) is 9.37 Å². The molecule has 0 bridgehead atoms. The third kappa shape index (κ3) is 5.94. The van der Waals surface area contributed by atoms with E-state index in [0.717, 1.165) is 12.1 Å². The summed E-state index contributed by atoms with van der Waals surface area (Å²) in [6.45, 7) is -0.150. The van der Waals surface area contributed by atoms with Gasteiger partial charge < -0.3 is 15.4 Å². The van der Waals surface area contributed by atoms with Crippen LogP contribution in [-0.4, -0.2) is 17.4 Å². The van der Waals surface area contributed by atoms with Crippen LogP contribution in [0.1, 0.15) is 11.1 Å². The second-order valence-electron chi connectivity index (χ2n) is 6.24. The number of anilines is 1. The topological polar surface area (TPSA) is 63.2 Å². The number of carbonyl (C=O) groups excluding carboxylic acids is 1. The third-order valence-corrected chi connectivity index (χ3v) is 3.98. The van der Waals surface area contributed by atoms with Crippen LogP contribution >= 0.6 is 0 Å². The lowest BCUT2D eigenvalue weighted by Crippen LogP contribution is -2.29. The molecule has 1 heterocycles. The minimum absolute atomic E-state index is 0.0710. The molecule has 0 unspecified atom stereocenters. The smallest absolute Gasteiger partial charge is 0.416 e. The van der Waals surface area contributed by atoms with E-state index in [1.165, 1.54) is 36.5 Å². The van der Waals surface area contributed by atoms with Gasteiger partial charge in [-0.05, 0) is 36.4 Å². The predicted octanol–water partition coefficient (Wildman–Crippen LogP) is 4.76. The molecule has 0 saturated carbocycles. The van der Waals surface area contributed by atoms with Crippen molar-refractivity contribution in [1.82, 2.24) is 10.3 Å². The number of ether oxygens (including phenoxy) is 1. The first-order chi connectivity index (χ1) is 14.3. The van der Waals surface area contributed by atoms with E-state index in [2.05, 4.69) is 15.6 Å². The predicted molar refractivity (Wildman–Crippen MR) is 102 cm³/mol. The van der Waals surface area contributed by atoms with Crippen LogP contribution in [0.15, 0.2) is 66.9 Å². The van der Waals surface area contributed by atoms with Gasteiger partial charge in [-0.1, -0.05) is 18.2 Å². The van der Waals surface area contributed by atoms with Crippen LogP contribution in [0.3, 0.4) is 0 Å². The van der Waals surface area contributed by atoms with Gasteiger partial charge in [0.05, 0.1) is 12.1 Å². The average molecular weight is 419 g/mol. The number of pyridine rings is 1. The lowest BCUT2D eigenvalue weighted by Gasteiger charge is -2.12. The van der Waals surface area contributed by atoms with Crippen LogP contribution in [0.2, 0.25) is 0 Å². The summed E-state index contributed by atoms with van der Waals surface area (Å²) < 4.78 is 57.1. The Morgan fingerprint density at radius 2 is 1.83 bits per heavy atom. The first-order valence-electron chi connectivity index (χ1n) is 8.86. The number of amides is 1. The van der Waals surface area contributed by atoms with Gasteiger partial charge in [0.15, 0.2) is 0 Å². The first kappa shape index (κ1) is 21.1. The molecule has 1 aromatic heterocycles. The number of halogens is 4. The summed E-state index contributed by atoms with van der Waals surface area (Å²) >= 11 is 0. The lowest BCUT2D eigenvalue weighted by molar-refractivity contribution is -0.137. The van der Waals surface area contributed by atoms with Crippen LogP contribution in [0, 0.1) is 5.82 Å². The van der Waals surface area contributed by atoms with E-state index in [1.54, 1.807) is 18.2 Å². The second kappa shape index (κ2) is 9.25. The number of rotatable bonds is 7. The maximum Gasteiger partial charge on any atom is 0.416 e. The van der Waals surface area contributed by atoms with Gasteiger partial charge in [-0.2, -0.15) is 13.2 Å². The SMILES string of the molecule is O=C(CNc1cccc(C(F)(F)F)c1)NCc1cccnc1Oc1cccc(F)c1. The minimum Gasteiger partial charge on any atom is -0.439 e. The average Bonchev–Trinajstić information content (AvgIpc) is 2.71. The molecular formula is C21H17F4N3O2. The van der Waals surface area contributed by atoms with Gasteiger partial charge in [0, 0.05) is 30.1 Å². The molecule has 9 heteroatoms. The van der Waals surface area contributed by atoms with Gasteiger partial charge in [-0.3, -0.25) is 4.79 Å². The molecule has 3 aromatic rings. The van der Waals surface area contributed by atoms with E-state index in [1.807, 2.05) is 0 Å². The summed E-state index contributed by atoms with van der Waals surface area (Å²) in [5, 5.41) is 5.29. The molecule has 0 saturated heterocycles. The zero-order valence-corrected chi connectivity index (χ0v) is 15.5. The van der Waals surface area contributed by atoms with Crippen molar-refractivity contribution in [3.05, 3.63) is 83.8 Å². The lowest BCUT2D eigenvalue weighted by atomic mass is 10.2. The van der Waals surface area contributed by atoms with E-state index in [9.17, 15) is 22.4 Å². The fourth-order valence-electron chi connectivity index (χ4n) is 2.54. The number of aromatic nitrogens is 1. The normalized spacial score (nSPS) is 11.1. The number of hydrogen-bond acceptors (Lipinski definition) is 4. The van der Waals surface area contributed by atoms with Crippen molar-refractivity contribution in [2.45, 2.75) is 12.7 Å². The van der Waals surface area contributed by atoms with Crippen molar-refractivity contribution in [3.8, 4) is 11.6 Å². The van der Waals surface area contributed by atoms with E-state index < -0.39 is 23.5 Å². The Labute approximate surface area is 169 Å². The maximum atomic E-state index is 13.3. The number of hydrogen-bond donors (Lipinski definition) is 2. The van der Waals surface area contributed by atoms with Crippen LogP contribution in [-0.2, 0) is 17.5 Å². The van der Waals surface area contributed by atoms with Crippen LogP contribution in [0.5, 0.6) is 11.6 Å². The highest BCUT2D eigenvalue weighted by Crippen LogP contribution is 2.30. The summed E-state index contributed by atoms with van der Waals surface area (Å²) in [6, 6.07) is 13.5. The molecule has 2 N–H and O–H groups in total. The van der Waals surface area contributed by atoms with Crippen LogP contribution in [0.25, 0.3) is 0 Å². The summed E-state index contributed by atoms with van der Waals surface area (Å²) in [4.78, 5) is 16.2. The van der Waals surface area contributed by atoms with Crippen molar-refractivity contribution in [3.63, 3.8) is 0 Å². The van der Waals surface area contributed by atoms with E-state index in [0.29, 0.717) is 5.56 Å². The molecule has 2 aromatic carbocycles. The van der Waals surface area contributed by atoms with Crippen molar-refractivity contribution in [2.75, 3.05) is 11.9 Å². The molecule has 0 spiro atoms. The zero-order valence-electron chi connectivity index (χ0n) is 15.5. The third-order valence-electron chi connectivity index (χ3n) is 3.98. The van der Waals surface area contributed by atoms with Crippen LogP contribution in [0.4, 0.5) is 23.2 Å². The highest BCUT2D eigenvalue weighted by atomic mass is 19.4. The molecule has 0 aliphatic rings. The second-order valence-corrected chi connectivity index (χ2v) is 6.24. The molecule has 30 heavy (non-hydrogen) atoms. The van der Waals surface area contributed by atoms with E-state index in [4.69, 9.17) is 4.74 Å². The molecule has 1 amide bonds. The Morgan fingerprint density at radius 3 is 2.60 bits per heavy atom.